The van der Waals surface area contributed by atoms with Crippen LogP contribution in [0.5, 0.6) is 0 Å². The van der Waals surface area contributed by atoms with Crippen LogP contribution in [-0.2, 0) is 4.79 Å². The van der Waals surface area contributed by atoms with E-state index in [1.807, 2.05) is 35.2 Å². The lowest BCUT2D eigenvalue weighted by molar-refractivity contribution is -0.115. The molecule has 2 aromatic rings. The first-order valence-electron chi connectivity index (χ1n) is 10.7. The van der Waals surface area contributed by atoms with Gasteiger partial charge in [0.25, 0.3) is 11.1 Å². The lowest BCUT2D eigenvalue weighted by Gasteiger charge is -2.35. The van der Waals surface area contributed by atoms with E-state index in [9.17, 15) is 19.5 Å². The highest BCUT2D eigenvalue weighted by Crippen LogP contribution is 2.27. The van der Waals surface area contributed by atoms with Crippen LogP contribution >= 0.6 is 11.8 Å². The maximum Gasteiger partial charge on any atom is 0.321 e. The third kappa shape index (κ3) is 5.64. The van der Waals surface area contributed by atoms with Gasteiger partial charge in [-0.25, -0.2) is 9.78 Å². The zero-order valence-electron chi connectivity index (χ0n) is 18.6. The van der Waals surface area contributed by atoms with Crippen LogP contribution in [0.4, 0.5) is 27.0 Å². The number of carbonyl (C=O) groups is 3. The Hall–Kier alpha value is -3.64. The molecule has 2 aliphatic heterocycles. The Labute approximate surface area is 200 Å². The number of benzene rings is 1. The van der Waals surface area contributed by atoms with E-state index in [0.29, 0.717) is 50.2 Å². The first-order valence-corrected chi connectivity index (χ1v) is 11.6. The molecule has 34 heavy (non-hydrogen) atoms. The Balaban J connectivity index is 1.50. The molecule has 0 atom stereocenters. The molecule has 0 radical (unpaired) electrons. The highest BCUT2D eigenvalue weighted by molar-refractivity contribution is 8.18. The van der Waals surface area contributed by atoms with Crippen molar-refractivity contribution in [1.29, 1.82) is 0 Å². The number of hydrogen-bond acceptors (Lipinski definition) is 9. The first kappa shape index (κ1) is 23.5. The molecule has 11 nitrogen and oxygen atoms in total. The number of nitrogens with one attached hydrogen (secondary N) is 2. The summed E-state index contributed by atoms with van der Waals surface area (Å²) in [6.45, 7) is 2.35. The number of aliphatic hydroxyl groups excluding tert-OH is 1. The van der Waals surface area contributed by atoms with Crippen LogP contribution in [0.2, 0.25) is 0 Å². The first-order chi connectivity index (χ1) is 16.4. The number of urea groups is 1. The van der Waals surface area contributed by atoms with E-state index >= 15 is 0 Å². The number of amides is 4. The van der Waals surface area contributed by atoms with Crippen molar-refractivity contribution >= 4 is 52.5 Å². The minimum atomic E-state index is -0.460. The molecule has 0 saturated carbocycles. The van der Waals surface area contributed by atoms with Gasteiger partial charge in [-0.05, 0) is 30.0 Å². The molecule has 0 unspecified atom stereocenters. The maximum atomic E-state index is 12.6. The molecule has 178 valence electrons. The fraction of sp³-hybridized carbons (Fsp3) is 0.318. The standard InChI is InChI=1S/C22H25N7O4S/c1-27(11-12-30)18-14-16(13-17-19(31)26-22(33)34-17)23-20(25-18)28-7-9-29(10-8-28)21(32)24-15-5-3-2-4-6-15/h2-6,13-14,30H,7-12H2,1H3,(H,24,32)(H,26,31,33). The Bertz CT molecular complexity index is 1100. The summed E-state index contributed by atoms with van der Waals surface area (Å²) in [7, 11) is 1.80. The van der Waals surface area contributed by atoms with Crippen molar-refractivity contribution in [3.63, 3.8) is 0 Å². The molecule has 1 aromatic carbocycles. The number of thioether (sulfide) groups is 1. The molecule has 1 aromatic heterocycles. The molecule has 4 amide bonds. The molecule has 0 spiro atoms. The number of likely N-dealkylation sites (N-methyl/N-ethyl adjacent to an activating group) is 1. The summed E-state index contributed by atoms with van der Waals surface area (Å²) in [5, 5.41) is 14.0. The topological polar surface area (TPSA) is 131 Å². The third-order valence-corrected chi connectivity index (χ3v) is 6.15. The quantitative estimate of drug-likeness (QED) is 0.524. The molecule has 3 heterocycles. The van der Waals surface area contributed by atoms with Gasteiger partial charge in [0.1, 0.15) is 5.82 Å². The van der Waals surface area contributed by atoms with Crippen molar-refractivity contribution in [3.8, 4) is 0 Å². The smallest absolute Gasteiger partial charge is 0.321 e. The molecule has 2 aliphatic rings. The van der Waals surface area contributed by atoms with Crippen molar-refractivity contribution < 1.29 is 19.5 Å². The summed E-state index contributed by atoms with van der Waals surface area (Å²) in [5.41, 5.74) is 1.21. The number of aromatic nitrogens is 2. The Morgan fingerprint density at radius 2 is 1.94 bits per heavy atom. The van der Waals surface area contributed by atoms with Crippen molar-refractivity contribution in [1.82, 2.24) is 20.2 Å². The van der Waals surface area contributed by atoms with Crippen LogP contribution in [0.15, 0.2) is 41.3 Å². The fourth-order valence-electron chi connectivity index (χ4n) is 3.50. The van der Waals surface area contributed by atoms with Gasteiger partial charge >= 0.3 is 6.03 Å². The van der Waals surface area contributed by atoms with E-state index < -0.39 is 11.1 Å². The van der Waals surface area contributed by atoms with Crippen LogP contribution in [-0.4, -0.2) is 83.5 Å². The van der Waals surface area contributed by atoms with Gasteiger partial charge in [-0.2, -0.15) is 4.98 Å². The van der Waals surface area contributed by atoms with E-state index in [1.54, 1.807) is 29.0 Å². The van der Waals surface area contributed by atoms with Crippen molar-refractivity contribution in [2.75, 3.05) is 61.5 Å². The summed E-state index contributed by atoms with van der Waals surface area (Å²) < 4.78 is 0. The van der Waals surface area contributed by atoms with Crippen LogP contribution in [0, 0.1) is 0 Å². The Kier molecular flexibility index (Phi) is 7.28. The lowest BCUT2D eigenvalue weighted by Crippen LogP contribution is -2.50. The van der Waals surface area contributed by atoms with Crippen molar-refractivity contribution in [2.45, 2.75) is 0 Å². The van der Waals surface area contributed by atoms with E-state index in [1.165, 1.54) is 0 Å². The molecular formula is C22H25N7O4S. The molecule has 0 aliphatic carbocycles. The van der Waals surface area contributed by atoms with E-state index in [2.05, 4.69) is 20.6 Å². The minimum absolute atomic E-state index is 0.0474. The lowest BCUT2D eigenvalue weighted by atomic mass is 10.3. The van der Waals surface area contributed by atoms with E-state index in [0.717, 1.165) is 17.4 Å². The van der Waals surface area contributed by atoms with Gasteiger partial charge in [0.15, 0.2) is 0 Å². The van der Waals surface area contributed by atoms with Gasteiger partial charge in [-0.3, -0.25) is 14.9 Å². The number of para-hydroxylation sites is 1. The minimum Gasteiger partial charge on any atom is -0.395 e. The molecule has 2 saturated heterocycles. The fourth-order valence-corrected chi connectivity index (χ4v) is 4.17. The predicted octanol–water partition coefficient (Wildman–Crippen LogP) is 1.58. The van der Waals surface area contributed by atoms with Crippen molar-refractivity contribution in [2.24, 2.45) is 0 Å². The number of carbonyl (C=O) groups excluding carboxylic acids is 3. The SMILES string of the molecule is CN(CCO)c1cc(C=C2SC(=O)NC2=O)nc(N2CCN(C(=O)Nc3ccccc3)CC2)n1. The maximum absolute atomic E-state index is 12.6. The van der Waals surface area contributed by atoms with Crippen LogP contribution in [0.3, 0.4) is 0 Å². The normalized spacial score (nSPS) is 17.2. The second-order valence-corrected chi connectivity index (χ2v) is 8.73. The Morgan fingerprint density at radius 3 is 2.59 bits per heavy atom. The summed E-state index contributed by atoms with van der Waals surface area (Å²) in [4.78, 5) is 51.0. The van der Waals surface area contributed by atoms with E-state index in [4.69, 9.17) is 0 Å². The second-order valence-electron chi connectivity index (χ2n) is 7.72. The highest BCUT2D eigenvalue weighted by Gasteiger charge is 2.27. The number of nitrogens with zero attached hydrogens (tertiary/aromatic N) is 5. The van der Waals surface area contributed by atoms with Gasteiger partial charge in [-0.1, -0.05) is 18.2 Å². The second kappa shape index (κ2) is 10.5. The van der Waals surface area contributed by atoms with Crippen LogP contribution in [0.1, 0.15) is 5.69 Å². The number of aliphatic hydroxyl groups is 1. The van der Waals surface area contributed by atoms with Gasteiger partial charge in [0.05, 0.1) is 17.2 Å². The average molecular weight is 484 g/mol. The van der Waals surface area contributed by atoms with Crippen LogP contribution in [0.25, 0.3) is 6.08 Å². The molecule has 3 N–H and O–H groups in total. The molecule has 2 fully saturated rings. The van der Waals surface area contributed by atoms with Gasteiger partial charge in [0, 0.05) is 51.5 Å². The summed E-state index contributed by atoms with van der Waals surface area (Å²) in [5.74, 6) is 0.565. The number of rotatable bonds is 6. The van der Waals surface area contributed by atoms with Gasteiger partial charge < -0.3 is 25.1 Å². The molecule has 4 rings (SSSR count). The average Bonchev–Trinajstić information content (AvgIpc) is 3.16. The monoisotopic (exact) mass is 483 g/mol. The predicted molar refractivity (Wildman–Crippen MR) is 131 cm³/mol. The van der Waals surface area contributed by atoms with Gasteiger partial charge in [0.2, 0.25) is 5.95 Å². The summed E-state index contributed by atoms with van der Waals surface area (Å²) in [6.07, 6.45) is 1.55. The number of anilines is 3. The zero-order valence-corrected chi connectivity index (χ0v) is 19.4. The molecule has 12 heteroatoms. The largest absolute Gasteiger partial charge is 0.395 e. The summed E-state index contributed by atoms with van der Waals surface area (Å²) >= 11 is 0.821. The molecular weight excluding hydrogens is 458 g/mol. The van der Waals surface area contributed by atoms with Crippen molar-refractivity contribution in [3.05, 3.63) is 47.0 Å². The summed E-state index contributed by atoms with van der Waals surface area (Å²) in [6, 6.07) is 10.8. The number of imide groups is 1. The zero-order chi connectivity index (χ0) is 24.1. The van der Waals surface area contributed by atoms with Gasteiger partial charge in [-0.15, -0.1) is 0 Å². The number of hydrogen-bond donors (Lipinski definition) is 3. The highest BCUT2D eigenvalue weighted by atomic mass is 32.2. The molecule has 0 bridgehead atoms. The number of piperazine rings is 1. The Morgan fingerprint density at radius 1 is 1.21 bits per heavy atom. The van der Waals surface area contributed by atoms with Crippen LogP contribution < -0.4 is 20.4 Å². The third-order valence-electron chi connectivity index (χ3n) is 5.34. The van der Waals surface area contributed by atoms with E-state index in [-0.39, 0.29) is 17.5 Å².